The summed E-state index contributed by atoms with van der Waals surface area (Å²) in [5.74, 6) is -0.285. The van der Waals surface area contributed by atoms with E-state index in [0.717, 1.165) is 12.8 Å². The van der Waals surface area contributed by atoms with Crippen LogP contribution in [-0.2, 0) is 23.9 Å². The third-order valence-corrected chi connectivity index (χ3v) is 5.56. The van der Waals surface area contributed by atoms with Gasteiger partial charge in [-0.15, -0.1) is 6.58 Å². The van der Waals surface area contributed by atoms with Crippen LogP contribution in [-0.4, -0.2) is 30.4 Å². The third kappa shape index (κ3) is 16.7. The molecule has 3 atom stereocenters. The smallest absolute Gasteiger partial charge is 0.306 e. The minimum Gasteiger partial charge on any atom is -0.466 e. The SMILES string of the molecule is C=CCC(CC(=O)OCCCCCCCC)CC(=O)O[C@@H](CC)CC(C)CC(=O)CC. The first-order chi connectivity index (χ1) is 14.9. The van der Waals surface area contributed by atoms with Crippen molar-refractivity contribution in [2.45, 2.75) is 117 Å². The molecule has 0 amide bonds. The zero-order valence-electron chi connectivity index (χ0n) is 20.5. The molecule has 5 nitrogen and oxygen atoms in total. The Labute approximate surface area is 190 Å². The number of ketones is 1. The summed E-state index contributed by atoms with van der Waals surface area (Å²) >= 11 is 0. The van der Waals surface area contributed by atoms with E-state index in [1.54, 1.807) is 6.08 Å². The Morgan fingerprint density at radius 2 is 1.55 bits per heavy atom. The van der Waals surface area contributed by atoms with Crippen LogP contribution in [0.5, 0.6) is 0 Å². The number of ether oxygens (including phenoxy) is 2. The number of rotatable bonds is 20. The van der Waals surface area contributed by atoms with E-state index in [0.29, 0.717) is 38.7 Å². The maximum atomic E-state index is 12.4. The summed E-state index contributed by atoms with van der Waals surface area (Å²) in [6.07, 6.45) is 11.8. The van der Waals surface area contributed by atoms with Crippen LogP contribution in [0.25, 0.3) is 0 Å². The number of hydrogen-bond acceptors (Lipinski definition) is 5. The molecule has 0 heterocycles. The number of hydrogen-bond donors (Lipinski definition) is 0. The molecule has 0 aliphatic rings. The number of esters is 2. The van der Waals surface area contributed by atoms with Crippen LogP contribution < -0.4 is 0 Å². The molecule has 2 unspecified atom stereocenters. The number of carbonyl (C=O) groups is 3. The first-order valence-corrected chi connectivity index (χ1v) is 12.3. The lowest BCUT2D eigenvalue weighted by Gasteiger charge is -2.21. The van der Waals surface area contributed by atoms with Gasteiger partial charge in [-0.2, -0.15) is 0 Å². The van der Waals surface area contributed by atoms with E-state index in [9.17, 15) is 14.4 Å². The van der Waals surface area contributed by atoms with Gasteiger partial charge < -0.3 is 9.47 Å². The van der Waals surface area contributed by atoms with Crippen molar-refractivity contribution in [2.24, 2.45) is 11.8 Å². The Kier molecular flexibility index (Phi) is 18.1. The molecule has 0 fully saturated rings. The monoisotopic (exact) mass is 438 g/mol. The molecule has 0 bridgehead atoms. The molecule has 0 radical (unpaired) electrons. The molecule has 0 aromatic heterocycles. The van der Waals surface area contributed by atoms with Gasteiger partial charge in [-0.3, -0.25) is 14.4 Å². The lowest BCUT2D eigenvalue weighted by atomic mass is 9.95. The van der Waals surface area contributed by atoms with Gasteiger partial charge in [-0.05, 0) is 37.5 Å². The summed E-state index contributed by atoms with van der Waals surface area (Å²) in [5, 5.41) is 0. The van der Waals surface area contributed by atoms with Gasteiger partial charge >= 0.3 is 11.9 Å². The van der Waals surface area contributed by atoms with Gasteiger partial charge in [0.1, 0.15) is 11.9 Å². The molecule has 31 heavy (non-hydrogen) atoms. The number of Topliss-reactive ketones (excluding diaryl/α,β-unsaturated/α-hetero) is 1. The number of allylic oxidation sites excluding steroid dienone is 1. The van der Waals surface area contributed by atoms with E-state index in [1.807, 2.05) is 20.8 Å². The Bertz CT molecular complexity index is 514. The zero-order chi connectivity index (χ0) is 23.5. The molecule has 0 aliphatic heterocycles. The average molecular weight is 439 g/mol. The second-order valence-electron chi connectivity index (χ2n) is 8.74. The van der Waals surface area contributed by atoms with Crippen molar-refractivity contribution in [3.05, 3.63) is 12.7 Å². The summed E-state index contributed by atoms with van der Waals surface area (Å²) in [6, 6.07) is 0. The van der Waals surface area contributed by atoms with Crippen molar-refractivity contribution < 1.29 is 23.9 Å². The minimum atomic E-state index is -0.295. The fourth-order valence-corrected chi connectivity index (χ4v) is 3.67. The van der Waals surface area contributed by atoms with Gasteiger partial charge in [0.2, 0.25) is 0 Å². The fraction of sp³-hybridized carbons (Fsp3) is 0.808. The van der Waals surface area contributed by atoms with Gasteiger partial charge in [-0.1, -0.05) is 65.9 Å². The Balaban J connectivity index is 4.34. The van der Waals surface area contributed by atoms with Crippen molar-refractivity contribution in [1.82, 2.24) is 0 Å². The van der Waals surface area contributed by atoms with E-state index in [2.05, 4.69) is 13.5 Å². The molecule has 5 heteroatoms. The Hall–Kier alpha value is -1.65. The normalized spacial score (nSPS) is 13.8. The van der Waals surface area contributed by atoms with Gasteiger partial charge in [0.15, 0.2) is 0 Å². The predicted molar refractivity (Wildman–Crippen MR) is 126 cm³/mol. The summed E-state index contributed by atoms with van der Waals surface area (Å²) in [7, 11) is 0. The largest absolute Gasteiger partial charge is 0.466 e. The lowest BCUT2D eigenvalue weighted by molar-refractivity contribution is -0.152. The van der Waals surface area contributed by atoms with Crippen LogP contribution in [0.4, 0.5) is 0 Å². The fourth-order valence-electron chi connectivity index (χ4n) is 3.67. The first kappa shape index (κ1) is 29.4. The van der Waals surface area contributed by atoms with Crippen molar-refractivity contribution in [3.63, 3.8) is 0 Å². The van der Waals surface area contributed by atoms with Crippen LogP contribution in [0.15, 0.2) is 12.7 Å². The Morgan fingerprint density at radius 1 is 0.903 bits per heavy atom. The van der Waals surface area contributed by atoms with Crippen LogP contribution in [0.3, 0.4) is 0 Å². The maximum Gasteiger partial charge on any atom is 0.306 e. The van der Waals surface area contributed by atoms with Crippen LogP contribution in [0, 0.1) is 11.8 Å². The van der Waals surface area contributed by atoms with Gasteiger partial charge in [0.25, 0.3) is 0 Å². The molecule has 0 rings (SSSR count). The molecule has 0 saturated carbocycles. The van der Waals surface area contributed by atoms with Crippen LogP contribution >= 0.6 is 0 Å². The summed E-state index contributed by atoms with van der Waals surface area (Å²) in [4.78, 5) is 36.2. The molecule has 180 valence electrons. The van der Waals surface area contributed by atoms with E-state index in [1.165, 1.54) is 25.7 Å². The van der Waals surface area contributed by atoms with Crippen LogP contribution in [0.2, 0.25) is 0 Å². The predicted octanol–water partition coefficient (Wildman–Crippen LogP) is 6.58. The van der Waals surface area contributed by atoms with E-state index in [-0.39, 0.29) is 48.5 Å². The highest BCUT2D eigenvalue weighted by Gasteiger charge is 2.22. The number of unbranched alkanes of at least 4 members (excludes halogenated alkanes) is 5. The molecular weight excluding hydrogens is 392 g/mol. The highest BCUT2D eigenvalue weighted by atomic mass is 16.5. The topological polar surface area (TPSA) is 69.7 Å². The van der Waals surface area contributed by atoms with Crippen molar-refractivity contribution >= 4 is 17.7 Å². The molecule has 0 saturated heterocycles. The quantitative estimate of drug-likeness (QED) is 0.122. The van der Waals surface area contributed by atoms with Gasteiger partial charge in [-0.25, -0.2) is 0 Å². The first-order valence-electron chi connectivity index (χ1n) is 12.3. The highest BCUT2D eigenvalue weighted by molar-refractivity contribution is 5.78. The summed E-state index contributed by atoms with van der Waals surface area (Å²) < 4.78 is 11.0. The van der Waals surface area contributed by atoms with Gasteiger partial charge in [0.05, 0.1) is 6.61 Å². The zero-order valence-corrected chi connectivity index (χ0v) is 20.5. The Morgan fingerprint density at radius 3 is 2.16 bits per heavy atom. The molecule has 0 spiro atoms. The molecule has 0 N–H and O–H groups in total. The second-order valence-corrected chi connectivity index (χ2v) is 8.74. The summed E-state index contributed by atoms with van der Waals surface area (Å²) in [6.45, 7) is 12.2. The minimum absolute atomic E-state index is 0.154. The van der Waals surface area contributed by atoms with Crippen molar-refractivity contribution in [1.29, 1.82) is 0 Å². The van der Waals surface area contributed by atoms with E-state index >= 15 is 0 Å². The third-order valence-electron chi connectivity index (χ3n) is 5.56. The number of carbonyl (C=O) groups excluding carboxylic acids is 3. The second kappa shape index (κ2) is 19.1. The van der Waals surface area contributed by atoms with E-state index in [4.69, 9.17) is 9.47 Å². The summed E-state index contributed by atoms with van der Waals surface area (Å²) in [5.41, 5.74) is 0. The standard InChI is InChI=1S/C26H46O5/c1-6-10-11-12-13-14-16-30-25(28)19-22(15-7-2)20-26(29)31-24(9-4)18-21(5)17-23(27)8-3/h7,21-22,24H,2,6,8-20H2,1,3-5H3/t21?,22?,24-/m0/s1. The molecular formula is C26H46O5. The van der Waals surface area contributed by atoms with E-state index < -0.39 is 0 Å². The van der Waals surface area contributed by atoms with Crippen LogP contribution in [0.1, 0.15) is 111 Å². The highest BCUT2D eigenvalue weighted by Crippen LogP contribution is 2.20. The molecule has 0 aliphatic carbocycles. The van der Waals surface area contributed by atoms with Crippen molar-refractivity contribution in [2.75, 3.05) is 6.61 Å². The van der Waals surface area contributed by atoms with Crippen molar-refractivity contribution in [3.8, 4) is 0 Å². The molecule has 0 aromatic carbocycles. The lowest BCUT2D eigenvalue weighted by Crippen LogP contribution is -2.23. The van der Waals surface area contributed by atoms with Gasteiger partial charge in [0, 0.05) is 25.7 Å². The average Bonchev–Trinajstić information content (AvgIpc) is 2.72. The molecule has 0 aromatic rings. The maximum absolute atomic E-state index is 12.4.